The van der Waals surface area contributed by atoms with E-state index in [4.69, 9.17) is 11.5 Å². The SMILES string of the molecule is Br.N[C@H]1C[C@@H](C(=O)N[C@@H](Cc2ccccc2)C(=O)N[C@H](Cc2ccccc2)C(=O)O)N(C(=O)[C@@H](N)Cc2ccc(O)cc2)C1. The van der Waals surface area contributed by atoms with Crippen LogP contribution in [0.2, 0.25) is 0 Å². The summed E-state index contributed by atoms with van der Waals surface area (Å²) in [7, 11) is 0. The molecular weight excluding hydrogens is 630 g/mol. The van der Waals surface area contributed by atoms with Gasteiger partial charge in [0.1, 0.15) is 23.9 Å². The van der Waals surface area contributed by atoms with Gasteiger partial charge in [-0.05, 0) is 41.7 Å². The third-order valence-electron chi connectivity index (χ3n) is 7.44. The number of phenolic OH excluding ortho intramolecular Hbond substituents is 1. The molecule has 1 aliphatic rings. The largest absolute Gasteiger partial charge is 0.508 e. The lowest BCUT2D eigenvalue weighted by atomic mass is 10.0. The lowest BCUT2D eigenvalue weighted by Gasteiger charge is -2.28. The molecule has 8 N–H and O–H groups in total. The average molecular weight is 669 g/mol. The summed E-state index contributed by atoms with van der Waals surface area (Å²) in [5, 5.41) is 24.7. The van der Waals surface area contributed by atoms with E-state index in [1.165, 1.54) is 17.0 Å². The zero-order valence-electron chi connectivity index (χ0n) is 24.0. The Morgan fingerprint density at radius 3 is 1.86 bits per heavy atom. The number of aliphatic carboxylic acids is 1. The van der Waals surface area contributed by atoms with Crippen molar-refractivity contribution in [3.63, 3.8) is 0 Å². The van der Waals surface area contributed by atoms with Crippen LogP contribution in [0.25, 0.3) is 0 Å². The van der Waals surface area contributed by atoms with Crippen LogP contribution in [0.1, 0.15) is 23.1 Å². The maximum atomic E-state index is 13.6. The van der Waals surface area contributed by atoms with Crippen LogP contribution in [-0.2, 0) is 38.4 Å². The molecule has 0 radical (unpaired) electrons. The van der Waals surface area contributed by atoms with Gasteiger partial charge in [-0.3, -0.25) is 14.4 Å². The first-order chi connectivity index (χ1) is 20.6. The molecule has 234 valence electrons. The van der Waals surface area contributed by atoms with Crippen molar-refractivity contribution in [2.75, 3.05) is 6.54 Å². The summed E-state index contributed by atoms with van der Waals surface area (Å²) in [4.78, 5) is 53.8. The molecule has 1 saturated heterocycles. The van der Waals surface area contributed by atoms with Gasteiger partial charge in [0, 0.05) is 25.4 Å². The molecule has 0 saturated carbocycles. The zero-order chi connectivity index (χ0) is 30.9. The Kier molecular flexibility index (Phi) is 12.4. The first-order valence-corrected chi connectivity index (χ1v) is 14.1. The molecule has 5 atom stereocenters. The number of carboxylic acids is 1. The number of halogens is 1. The Balaban J connectivity index is 0.00000529. The fourth-order valence-electron chi connectivity index (χ4n) is 5.20. The second-order valence-corrected chi connectivity index (χ2v) is 10.8. The molecular formula is C32H38BrN5O6. The Hall–Kier alpha value is -4.26. The summed E-state index contributed by atoms with van der Waals surface area (Å²) in [6, 6.07) is 19.5. The summed E-state index contributed by atoms with van der Waals surface area (Å²) in [5.74, 6) is -2.81. The van der Waals surface area contributed by atoms with Gasteiger partial charge in [0.2, 0.25) is 17.7 Å². The molecule has 3 amide bonds. The molecule has 3 aromatic carbocycles. The van der Waals surface area contributed by atoms with Gasteiger partial charge in [-0.2, -0.15) is 0 Å². The maximum absolute atomic E-state index is 13.6. The number of carboxylic acid groups (broad SMARTS) is 1. The topological polar surface area (TPSA) is 188 Å². The van der Waals surface area contributed by atoms with Crippen LogP contribution in [0.5, 0.6) is 5.75 Å². The highest BCUT2D eigenvalue weighted by Gasteiger charge is 2.41. The zero-order valence-corrected chi connectivity index (χ0v) is 25.8. The second kappa shape index (κ2) is 16.0. The number of likely N-dealkylation sites (tertiary alicyclic amines) is 1. The summed E-state index contributed by atoms with van der Waals surface area (Å²) < 4.78 is 0. The van der Waals surface area contributed by atoms with E-state index in [1.807, 2.05) is 12.1 Å². The summed E-state index contributed by atoms with van der Waals surface area (Å²) in [6.45, 7) is 0.119. The highest BCUT2D eigenvalue weighted by molar-refractivity contribution is 8.93. The van der Waals surface area contributed by atoms with E-state index in [2.05, 4.69) is 10.6 Å². The van der Waals surface area contributed by atoms with Crippen molar-refractivity contribution in [3.8, 4) is 5.75 Å². The van der Waals surface area contributed by atoms with Crippen molar-refractivity contribution < 1.29 is 29.4 Å². The van der Waals surface area contributed by atoms with Gasteiger partial charge >= 0.3 is 5.97 Å². The van der Waals surface area contributed by atoms with E-state index in [1.54, 1.807) is 60.7 Å². The number of hydrogen-bond acceptors (Lipinski definition) is 7. The van der Waals surface area contributed by atoms with Crippen LogP contribution in [0.15, 0.2) is 84.9 Å². The molecule has 0 unspecified atom stereocenters. The number of benzene rings is 3. The molecule has 0 aromatic heterocycles. The fourth-order valence-corrected chi connectivity index (χ4v) is 5.20. The first kappa shape index (κ1) is 34.2. The number of nitrogens with one attached hydrogen (secondary N) is 2. The van der Waals surface area contributed by atoms with Crippen LogP contribution in [0.3, 0.4) is 0 Å². The molecule has 0 spiro atoms. The van der Waals surface area contributed by atoms with E-state index in [0.717, 1.165) is 16.7 Å². The van der Waals surface area contributed by atoms with E-state index in [0.29, 0.717) is 0 Å². The van der Waals surface area contributed by atoms with Crippen LogP contribution in [-0.4, -0.2) is 75.6 Å². The van der Waals surface area contributed by atoms with Crippen molar-refractivity contribution in [2.45, 2.75) is 55.9 Å². The number of nitrogens with zero attached hydrogens (tertiary/aromatic N) is 1. The van der Waals surface area contributed by atoms with Crippen LogP contribution in [0, 0.1) is 0 Å². The fraction of sp³-hybridized carbons (Fsp3) is 0.312. The number of nitrogens with two attached hydrogens (primary N) is 2. The minimum atomic E-state index is -1.22. The molecule has 1 fully saturated rings. The number of rotatable bonds is 12. The van der Waals surface area contributed by atoms with E-state index in [-0.39, 0.29) is 55.0 Å². The molecule has 1 aliphatic heterocycles. The van der Waals surface area contributed by atoms with Crippen molar-refractivity contribution in [2.24, 2.45) is 11.5 Å². The highest BCUT2D eigenvalue weighted by atomic mass is 79.9. The number of phenols is 1. The molecule has 44 heavy (non-hydrogen) atoms. The van der Waals surface area contributed by atoms with Gasteiger partial charge in [-0.15, -0.1) is 17.0 Å². The Labute approximate surface area is 266 Å². The van der Waals surface area contributed by atoms with Gasteiger partial charge in [0.25, 0.3) is 0 Å². The van der Waals surface area contributed by atoms with Gasteiger partial charge < -0.3 is 37.2 Å². The molecule has 11 nitrogen and oxygen atoms in total. The van der Waals surface area contributed by atoms with Crippen LogP contribution >= 0.6 is 17.0 Å². The van der Waals surface area contributed by atoms with Crippen molar-refractivity contribution >= 4 is 40.7 Å². The lowest BCUT2D eigenvalue weighted by molar-refractivity contribution is -0.143. The Morgan fingerprint density at radius 1 is 0.795 bits per heavy atom. The lowest BCUT2D eigenvalue weighted by Crippen LogP contribution is -2.57. The molecule has 0 bridgehead atoms. The van der Waals surface area contributed by atoms with E-state index >= 15 is 0 Å². The number of aromatic hydroxyl groups is 1. The van der Waals surface area contributed by atoms with Crippen LogP contribution in [0.4, 0.5) is 0 Å². The quantitative estimate of drug-likeness (QED) is 0.167. The predicted molar refractivity (Wildman–Crippen MR) is 170 cm³/mol. The average Bonchev–Trinajstić information content (AvgIpc) is 3.39. The molecule has 3 aromatic rings. The predicted octanol–water partition coefficient (Wildman–Crippen LogP) is 1.31. The summed E-state index contributed by atoms with van der Waals surface area (Å²) >= 11 is 0. The number of carbonyl (C=O) groups excluding carboxylic acids is 3. The first-order valence-electron chi connectivity index (χ1n) is 14.1. The Morgan fingerprint density at radius 2 is 1.32 bits per heavy atom. The van der Waals surface area contributed by atoms with Gasteiger partial charge in [-0.1, -0.05) is 72.8 Å². The van der Waals surface area contributed by atoms with Crippen molar-refractivity contribution in [1.29, 1.82) is 0 Å². The van der Waals surface area contributed by atoms with E-state index < -0.39 is 53.9 Å². The van der Waals surface area contributed by atoms with Gasteiger partial charge in [0.15, 0.2) is 0 Å². The minimum Gasteiger partial charge on any atom is -0.508 e. The summed E-state index contributed by atoms with van der Waals surface area (Å²) in [5.41, 5.74) is 14.6. The van der Waals surface area contributed by atoms with Crippen LogP contribution < -0.4 is 22.1 Å². The minimum absolute atomic E-state index is 0. The highest BCUT2D eigenvalue weighted by Crippen LogP contribution is 2.20. The van der Waals surface area contributed by atoms with Crippen molar-refractivity contribution in [1.82, 2.24) is 15.5 Å². The molecule has 12 heteroatoms. The molecule has 1 heterocycles. The van der Waals surface area contributed by atoms with E-state index in [9.17, 15) is 29.4 Å². The standard InChI is InChI=1S/C32H37N5O6.BrH/c33-23-18-28(37(19-23)31(41)25(34)15-22-11-13-24(38)14-12-22)30(40)35-26(16-20-7-3-1-4-8-20)29(39)36-27(32(42)43)17-21-9-5-2-6-10-21;/h1-14,23,25-28,38H,15-19,33-34H2,(H,35,40)(H,36,39)(H,42,43);1H/t23-,25-,26-,27+,28-;/m0./s1. The van der Waals surface area contributed by atoms with Gasteiger partial charge in [-0.25, -0.2) is 4.79 Å². The monoisotopic (exact) mass is 667 g/mol. The third kappa shape index (κ3) is 9.37. The number of amides is 3. The second-order valence-electron chi connectivity index (χ2n) is 10.8. The van der Waals surface area contributed by atoms with Gasteiger partial charge in [0.05, 0.1) is 6.04 Å². The maximum Gasteiger partial charge on any atom is 0.326 e. The van der Waals surface area contributed by atoms with Crippen molar-refractivity contribution in [3.05, 3.63) is 102 Å². The Bertz CT molecular complexity index is 1410. The third-order valence-corrected chi connectivity index (χ3v) is 7.44. The smallest absolute Gasteiger partial charge is 0.326 e. The number of carbonyl (C=O) groups is 4. The normalized spacial score (nSPS) is 17.9. The summed E-state index contributed by atoms with van der Waals surface area (Å²) in [6.07, 6.45) is 0.529. The number of hydrogen-bond donors (Lipinski definition) is 6. The molecule has 4 rings (SSSR count). The molecule has 0 aliphatic carbocycles.